The van der Waals surface area contributed by atoms with E-state index in [1.54, 1.807) is 19.1 Å². The third-order valence-electron chi connectivity index (χ3n) is 2.99. The standard InChI is InChI=1S/C14H17N5O3S/c1-4-22-12-6-5-10(7-11(12)19(20)21)8-15-18-13(9(2)3)16-17-14(18)23/h5-9H,4H2,1-3H3,(H,17,23)/b15-8-. The fourth-order valence-electron chi connectivity index (χ4n) is 1.95. The first-order chi connectivity index (χ1) is 10.9. The van der Waals surface area contributed by atoms with Gasteiger partial charge in [-0.05, 0) is 31.3 Å². The van der Waals surface area contributed by atoms with Gasteiger partial charge in [0.05, 0.1) is 17.7 Å². The molecule has 0 saturated carbocycles. The van der Waals surface area contributed by atoms with Crippen molar-refractivity contribution >= 4 is 24.1 Å². The Kier molecular flexibility index (Phi) is 5.22. The summed E-state index contributed by atoms with van der Waals surface area (Å²) in [6, 6.07) is 4.66. The number of nitrogens with zero attached hydrogens (tertiary/aromatic N) is 4. The summed E-state index contributed by atoms with van der Waals surface area (Å²) >= 11 is 5.13. The fraction of sp³-hybridized carbons (Fsp3) is 0.357. The molecule has 122 valence electrons. The monoisotopic (exact) mass is 335 g/mol. The summed E-state index contributed by atoms with van der Waals surface area (Å²) in [4.78, 5) is 10.6. The molecule has 0 unspecified atom stereocenters. The van der Waals surface area contributed by atoms with Crippen molar-refractivity contribution in [3.05, 3.63) is 44.5 Å². The molecule has 1 aromatic carbocycles. The second kappa shape index (κ2) is 7.14. The number of H-pyrrole nitrogens is 1. The molecule has 0 fully saturated rings. The predicted octanol–water partition coefficient (Wildman–Crippen LogP) is 3.25. The van der Waals surface area contributed by atoms with E-state index in [1.807, 2.05) is 13.8 Å². The molecule has 0 aliphatic carbocycles. The lowest BCUT2D eigenvalue weighted by atomic mass is 10.2. The molecule has 0 amide bonds. The number of nitro groups is 1. The number of hydrogen-bond acceptors (Lipinski definition) is 6. The van der Waals surface area contributed by atoms with Gasteiger partial charge < -0.3 is 4.74 Å². The van der Waals surface area contributed by atoms with E-state index in [-0.39, 0.29) is 17.4 Å². The highest BCUT2D eigenvalue weighted by molar-refractivity contribution is 7.71. The predicted molar refractivity (Wildman–Crippen MR) is 88.8 cm³/mol. The van der Waals surface area contributed by atoms with Crippen LogP contribution in [0.1, 0.15) is 38.1 Å². The third kappa shape index (κ3) is 3.81. The lowest BCUT2D eigenvalue weighted by Gasteiger charge is -2.05. The number of hydrogen-bond donors (Lipinski definition) is 1. The smallest absolute Gasteiger partial charge is 0.311 e. The summed E-state index contributed by atoms with van der Waals surface area (Å²) in [6.07, 6.45) is 1.50. The maximum atomic E-state index is 11.1. The minimum atomic E-state index is -0.481. The summed E-state index contributed by atoms with van der Waals surface area (Å²) in [5, 5.41) is 22.2. The molecule has 2 aromatic rings. The molecule has 0 atom stereocenters. The molecule has 0 aliphatic rings. The first kappa shape index (κ1) is 16.8. The van der Waals surface area contributed by atoms with Crippen LogP contribution in [-0.4, -0.2) is 32.6 Å². The minimum Gasteiger partial charge on any atom is -0.487 e. The Morgan fingerprint density at radius 2 is 2.30 bits per heavy atom. The lowest BCUT2D eigenvalue weighted by Crippen LogP contribution is -2.01. The summed E-state index contributed by atoms with van der Waals surface area (Å²) in [7, 11) is 0. The Morgan fingerprint density at radius 1 is 1.57 bits per heavy atom. The fourth-order valence-corrected chi connectivity index (χ4v) is 2.13. The Balaban J connectivity index is 2.37. The Labute approximate surface area is 137 Å². The molecule has 0 spiro atoms. The van der Waals surface area contributed by atoms with E-state index < -0.39 is 4.92 Å². The van der Waals surface area contributed by atoms with E-state index in [0.717, 1.165) is 0 Å². The van der Waals surface area contributed by atoms with Crippen molar-refractivity contribution in [3.63, 3.8) is 0 Å². The largest absolute Gasteiger partial charge is 0.487 e. The van der Waals surface area contributed by atoms with Crippen molar-refractivity contribution in [2.24, 2.45) is 5.10 Å². The van der Waals surface area contributed by atoms with Crippen molar-refractivity contribution < 1.29 is 9.66 Å². The third-order valence-corrected chi connectivity index (χ3v) is 3.26. The van der Waals surface area contributed by atoms with Crippen LogP contribution in [-0.2, 0) is 0 Å². The zero-order chi connectivity index (χ0) is 17.0. The average Bonchev–Trinajstić information content (AvgIpc) is 2.87. The SMILES string of the molecule is CCOc1ccc(/C=N\n2c(C(C)C)n[nH]c2=S)cc1[N+](=O)[O-]. The van der Waals surface area contributed by atoms with Crippen LogP contribution in [0.15, 0.2) is 23.3 Å². The molecule has 0 aliphatic heterocycles. The van der Waals surface area contributed by atoms with Crippen LogP contribution in [0.4, 0.5) is 5.69 Å². The van der Waals surface area contributed by atoms with E-state index in [0.29, 0.717) is 22.8 Å². The van der Waals surface area contributed by atoms with Gasteiger partial charge in [0.25, 0.3) is 0 Å². The van der Waals surface area contributed by atoms with Gasteiger partial charge in [-0.1, -0.05) is 13.8 Å². The number of rotatable bonds is 6. The summed E-state index contributed by atoms with van der Waals surface area (Å²) in [6.45, 7) is 6.07. The van der Waals surface area contributed by atoms with E-state index >= 15 is 0 Å². The summed E-state index contributed by atoms with van der Waals surface area (Å²) < 4.78 is 7.12. The van der Waals surface area contributed by atoms with Gasteiger partial charge in [-0.3, -0.25) is 15.2 Å². The molecular formula is C14H17N5O3S. The average molecular weight is 335 g/mol. The molecule has 1 N–H and O–H groups in total. The molecule has 1 heterocycles. The van der Waals surface area contributed by atoms with E-state index in [4.69, 9.17) is 17.0 Å². The Bertz CT molecular complexity index is 794. The van der Waals surface area contributed by atoms with Crippen LogP contribution in [0.5, 0.6) is 5.75 Å². The number of aromatic amines is 1. The summed E-state index contributed by atoms with van der Waals surface area (Å²) in [5.41, 5.74) is 0.466. The normalized spacial score (nSPS) is 11.3. The van der Waals surface area contributed by atoms with Gasteiger partial charge >= 0.3 is 5.69 Å². The van der Waals surface area contributed by atoms with Crippen molar-refractivity contribution in [2.45, 2.75) is 26.7 Å². The van der Waals surface area contributed by atoms with Crippen LogP contribution in [0.25, 0.3) is 0 Å². The maximum absolute atomic E-state index is 11.1. The number of ether oxygens (including phenoxy) is 1. The van der Waals surface area contributed by atoms with Gasteiger partial charge in [-0.2, -0.15) is 14.9 Å². The van der Waals surface area contributed by atoms with Crippen LogP contribution in [0, 0.1) is 14.9 Å². The topological polar surface area (TPSA) is 98.3 Å². The first-order valence-corrected chi connectivity index (χ1v) is 7.47. The maximum Gasteiger partial charge on any atom is 0.311 e. The highest BCUT2D eigenvalue weighted by Crippen LogP contribution is 2.27. The van der Waals surface area contributed by atoms with Crippen LogP contribution in [0.3, 0.4) is 0 Å². The van der Waals surface area contributed by atoms with Crippen LogP contribution >= 0.6 is 12.2 Å². The molecule has 0 bridgehead atoms. The highest BCUT2D eigenvalue weighted by atomic mass is 32.1. The molecule has 9 heteroatoms. The van der Waals surface area contributed by atoms with Crippen LogP contribution < -0.4 is 4.74 Å². The highest BCUT2D eigenvalue weighted by Gasteiger charge is 2.15. The number of benzene rings is 1. The van der Waals surface area contributed by atoms with E-state index in [9.17, 15) is 10.1 Å². The number of aromatic nitrogens is 3. The van der Waals surface area contributed by atoms with Gasteiger partial charge in [0, 0.05) is 17.5 Å². The minimum absolute atomic E-state index is 0.101. The van der Waals surface area contributed by atoms with Crippen molar-refractivity contribution in [3.8, 4) is 5.75 Å². The second-order valence-electron chi connectivity index (χ2n) is 5.02. The van der Waals surface area contributed by atoms with Gasteiger partial charge in [0.2, 0.25) is 4.77 Å². The van der Waals surface area contributed by atoms with E-state index in [1.165, 1.54) is 17.0 Å². The van der Waals surface area contributed by atoms with Gasteiger partial charge in [-0.25, -0.2) is 0 Å². The Hall–Kier alpha value is -2.55. The van der Waals surface area contributed by atoms with Crippen molar-refractivity contribution in [2.75, 3.05) is 6.61 Å². The molecule has 1 aromatic heterocycles. The number of nitrogens with one attached hydrogen (secondary N) is 1. The van der Waals surface area contributed by atoms with Crippen molar-refractivity contribution in [1.29, 1.82) is 0 Å². The van der Waals surface area contributed by atoms with Crippen molar-refractivity contribution in [1.82, 2.24) is 14.9 Å². The molecule has 0 saturated heterocycles. The lowest BCUT2D eigenvalue weighted by molar-refractivity contribution is -0.385. The molecular weight excluding hydrogens is 318 g/mol. The van der Waals surface area contributed by atoms with Crippen LogP contribution in [0.2, 0.25) is 0 Å². The van der Waals surface area contributed by atoms with Gasteiger partial charge in [0.15, 0.2) is 11.6 Å². The molecule has 23 heavy (non-hydrogen) atoms. The second-order valence-corrected chi connectivity index (χ2v) is 5.40. The first-order valence-electron chi connectivity index (χ1n) is 7.07. The molecule has 0 radical (unpaired) electrons. The van der Waals surface area contributed by atoms with Gasteiger partial charge in [0.1, 0.15) is 0 Å². The summed E-state index contributed by atoms with van der Waals surface area (Å²) in [5.74, 6) is 1.05. The molecule has 2 rings (SSSR count). The number of nitro benzene ring substituents is 1. The zero-order valence-corrected chi connectivity index (χ0v) is 13.8. The zero-order valence-electron chi connectivity index (χ0n) is 13.0. The quantitative estimate of drug-likeness (QED) is 0.378. The van der Waals surface area contributed by atoms with Gasteiger partial charge in [-0.15, -0.1) is 0 Å². The molecule has 8 nitrogen and oxygen atoms in total. The van der Waals surface area contributed by atoms with E-state index in [2.05, 4.69) is 15.3 Å². The Morgan fingerprint density at radius 3 is 2.91 bits per heavy atom.